The van der Waals surface area contributed by atoms with E-state index < -0.39 is 0 Å². The summed E-state index contributed by atoms with van der Waals surface area (Å²) in [6, 6.07) is 0. The number of aromatic nitrogens is 3. The number of carbonyl (C=O) groups excluding carboxylic acids is 1. The minimum atomic E-state index is -0.267. The van der Waals surface area contributed by atoms with Crippen LogP contribution in [0.25, 0.3) is 0 Å². The molecule has 8 heteroatoms. The minimum Gasteiger partial charge on any atom is -0.360 e. The number of carbonyl (C=O) groups is 1. The molecule has 0 saturated heterocycles. The molecule has 108 valence electrons. The van der Waals surface area contributed by atoms with Gasteiger partial charge in [-0.2, -0.15) is 0 Å². The summed E-state index contributed by atoms with van der Waals surface area (Å²) in [5.74, 6) is 0.0833. The lowest BCUT2D eigenvalue weighted by molar-refractivity contribution is 0.102. The molecule has 0 atom stereocenters. The maximum Gasteiger partial charge on any atom is 0.288 e. The average Bonchev–Trinajstić information content (AvgIpc) is 3.04. The van der Waals surface area contributed by atoms with E-state index in [4.69, 9.17) is 0 Å². The lowest BCUT2D eigenvalue weighted by atomic mass is 10.2. The van der Waals surface area contributed by atoms with E-state index in [1.807, 2.05) is 5.38 Å². The van der Waals surface area contributed by atoms with Crippen LogP contribution in [0.2, 0.25) is 0 Å². The molecule has 0 fully saturated rings. The smallest absolute Gasteiger partial charge is 0.288 e. The summed E-state index contributed by atoms with van der Waals surface area (Å²) in [6.45, 7) is 7.02. The predicted molar refractivity (Wildman–Crippen MR) is 82.8 cm³/mol. The molecule has 0 aliphatic carbocycles. The first kappa shape index (κ1) is 14.9. The molecule has 1 amide bonds. The van der Waals surface area contributed by atoms with Crippen LogP contribution < -0.4 is 10.6 Å². The van der Waals surface area contributed by atoms with Crippen molar-refractivity contribution in [3.8, 4) is 0 Å². The van der Waals surface area contributed by atoms with Gasteiger partial charge in [-0.1, -0.05) is 32.1 Å². The molecule has 0 aliphatic rings. The Balaban J connectivity index is 1.98. The maximum absolute atomic E-state index is 12.0. The van der Waals surface area contributed by atoms with Gasteiger partial charge in [-0.25, -0.2) is 4.98 Å². The van der Waals surface area contributed by atoms with Crippen LogP contribution in [0.4, 0.5) is 10.3 Å². The molecule has 0 aliphatic heterocycles. The van der Waals surface area contributed by atoms with Crippen molar-refractivity contribution in [2.45, 2.75) is 33.1 Å². The minimum absolute atomic E-state index is 0.267. The summed E-state index contributed by atoms with van der Waals surface area (Å²) in [4.78, 5) is 16.4. The molecule has 2 rings (SSSR count). The predicted octanol–water partition coefficient (Wildman–Crippen LogP) is 3.19. The van der Waals surface area contributed by atoms with Crippen molar-refractivity contribution in [1.29, 1.82) is 0 Å². The standard InChI is InChI=1S/C12H17N5OS2/c1-4-5-13-11-17-16-10(20-11)9(18)15-12-14-8(6-19-12)7(2)3/h6-7H,4-5H2,1-3H3,(H,13,17)(H,14,15,18). The SMILES string of the molecule is CCCNc1nnc(C(=O)Nc2nc(C(C)C)cs2)s1. The number of rotatable bonds is 6. The van der Waals surface area contributed by atoms with Gasteiger partial charge in [-0.15, -0.1) is 21.5 Å². The van der Waals surface area contributed by atoms with Gasteiger partial charge in [-0.05, 0) is 12.3 Å². The second kappa shape index (κ2) is 6.76. The van der Waals surface area contributed by atoms with Crippen molar-refractivity contribution in [1.82, 2.24) is 15.2 Å². The summed E-state index contributed by atoms with van der Waals surface area (Å²) in [5.41, 5.74) is 0.980. The summed E-state index contributed by atoms with van der Waals surface area (Å²) in [6.07, 6.45) is 0.998. The van der Waals surface area contributed by atoms with E-state index in [2.05, 4.69) is 46.6 Å². The Morgan fingerprint density at radius 1 is 1.35 bits per heavy atom. The second-order valence-electron chi connectivity index (χ2n) is 4.53. The van der Waals surface area contributed by atoms with Gasteiger partial charge in [0, 0.05) is 11.9 Å². The van der Waals surface area contributed by atoms with Gasteiger partial charge in [0.1, 0.15) is 0 Å². The van der Waals surface area contributed by atoms with Crippen molar-refractivity contribution in [3.05, 3.63) is 16.1 Å². The number of hydrogen-bond acceptors (Lipinski definition) is 7. The highest BCUT2D eigenvalue weighted by Crippen LogP contribution is 2.23. The maximum atomic E-state index is 12.0. The van der Waals surface area contributed by atoms with Crippen LogP contribution in [-0.4, -0.2) is 27.6 Å². The molecular weight excluding hydrogens is 294 g/mol. The van der Waals surface area contributed by atoms with E-state index >= 15 is 0 Å². The number of nitrogens with zero attached hydrogens (tertiary/aromatic N) is 3. The average molecular weight is 311 g/mol. The largest absolute Gasteiger partial charge is 0.360 e. The molecule has 2 heterocycles. The topological polar surface area (TPSA) is 79.8 Å². The molecule has 0 saturated carbocycles. The summed E-state index contributed by atoms with van der Waals surface area (Å²) >= 11 is 2.66. The van der Waals surface area contributed by atoms with Crippen LogP contribution in [0.5, 0.6) is 0 Å². The van der Waals surface area contributed by atoms with Crippen LogP contribution in [0, 0.1) is 0 Å². The summed E-state index contributed by atoms with van der Waals surface area (Å²) < 4.78 is 0. The molecule has 2 aromatic heterocycles. The second-order valence-corrected chi connectivity index (χ2v) is 6.36. The molecular formula is C12H17N5OS2. The molecule has 0 bridgehead atoms. The van der Waals surface area contributed by atoms with E-state index in [1.54, 1.807) is 0 Å². The number of thiazole rings is 1. The Labute approximate surface area is 125 Å². The van der Waals surface area contributed by atoms with E-state index in [0.717, 1.165) is 18.7 Å². The van der Waals surface area contributed by atoms with Gasteiger partial charge in [0.2, 0.25) is 10.1 Å². The van der Waals surface area contributed by atoms with Gasteiger partial charge in [-0.3, -0.25) is 10.1 Å². The zero-order valence-corrected chi connectivity index (χ0v) is 13.3. The number of amides is 1. The van der Waals surface area contributed by atoms with Gasteiger partial charge < -0.3 is 5.32 Å². The van der Waals surface area contributed by atoms with E-state index in [0.29, 0.717) is 21.2 Å². The molecule has 2 N–H and O–H groups in total. The lowest BCUT2D eigenvalue weighted by Gasteiger charge is -1.98. The molecule has 2 aromatic rings. The zero-order valence-electron chi connectivity index (χ0n) is 11.6. The summed E-state index contributed by atoms with van der Waals surface area (Å²) in [5, 5.41) is 17.2. The lowest BCUT2D eigenvalue weighted by Crippen LogP contribution is -2.11. The Bertz CT molecular complexity index is 578. The van der Waals surface area contributed by atoms with Gasteiger partial charge in [0.25, 0.3) is 5.91 Å². The highest BCUT2D eigenvalue weighted by Gasteiger charge is 2.15. The third-order valence-corrected chi connectivity index (χ3v) is 4.14. The molecule has 6 nitrogen and oxygen atoms in total. The van der Waals surface area contributed by atoms with Crippen LogP contribution >= 0.6 is 22.7 Å². The first-order chi connectivity index (χ1) is 9.60. The van der Waals surface area contributed by atoms with Crippen LogP contribution in [-0.2, 0) is 0 Å². The van der Waals surface area contributed by atoms with E-state index in [1.165, 1.54) is 22.7 Å². The molecule has 0 unspecified atom stereocenters. The van der Waals surface area contributed by atoms with Gasteiger partial charge >= 0.3 is 0 Å². The van der Waals surface area contributed by atoms with Crippen molar-refractivity contribution >= 4 is 38.8 Å². The Hall–Kier alpha value is -1.54. The van der Waals surface area contributed by atoms with Crippen molar-refractivity contribution in [2.24, 2.45) is 0 Å². The van der Waals surface area contributed by atoms with E-state index in [9.17, 15) is 4.79 Å². The first-order valence-corrected chi connectivity index (χ1v) is 8.14. The fourth-order valence-corrected chi connectivity index (χ4v) is 2.91. The van der Waals surface area contributed by atoms with Gasteiger partial charge in [0.05, 0.1) is 5.69 Å². The third-order valence-electron chi connectivity index (χ3n) is 2.48. The molecule has 0 radical (unpaired) electrons. The summed E-state index contributed by atoms with van der Waals surface area (Å²) in [7, 11) is 0. The normalized spacial score (nSPS) is 10.8. The van der Waals surface area contributed by atoms with Crippen LogP contribution in [0.1, 0.15) is 48.6 Å². The highest BCUT2D eigenvalue weighted by molar-refractivity contribution is 7.17. The van der Waals surface area contributed by atoms with Gasteiger partial charge in [0.15, 0.2) is 5.13 Å². The Morgan fingerprint density at radius 2 is 2.15 bits per heavy atom. The zero-order chi connectivity index (χ0) is 14.5. The number of hydrogen-bond donors (Lipinski definition) is 2. The molecule has 20 heavy (non-hydrogen) atoms. The quantitative estimate of drug-likeness (QED) is 0.856. The van der Waals surface area contributed by atoms with Crippen LogP contribution in [0.15, 0.2) is 5.38 Å². The molecule has 0 spiro atoms. The van der Waals surface area contributed by atoms with Crippen molar-refractivity contribution in [2.75, 3.05) is 17.2 Å². The molecule has 0 aromatic carbocycles. The Morgan fingerprint density at radius 3 is 2.80 bits per heavy atom. The fourth-order valence-electron chi connectivity index (χ4n) is 1.38. The van der Waals surface area contributed by atoms with Crippen molar-refractivity contribution < 1.29 is 4.79 Å². The van der Waals surface area contributed by atoms with E-state index in [-0.39, 0.29) is 5.91 Å². The number of nitrogens with one attached hydrogen (secondary N) is 2. The Kier molecular flexibility index (Phi) is 5.02. The van der Waals surface area contributed by atoms with Crippen molar-refractivity contribution in [3.63, 3.8) is 0 Å². The monoisotopic (exact) mass is 311 g/mol. The highest BCUT2D eigenvalue weighted by atomic mass is 32.1. The first-order valence-electron chi connectivity index (χ1n) is 6.44. The van der Waals surface area contributed by atoms with Crippen LogP contribution in [0.3, 0.4) is 0 Å². The fraction of sp³-hybridized carbons (Fsp3) is 0.500. The third kappa shape index (κ3) is 3.73. The number of anilines is 2.